The average molecular weight is 307 g/mol. The molecule has 0 saturated heterocycles. The van der Waals surface area contributed by atoms with Crippen LogP contribution >= 0.6 is 0 Å². The van der Waals surface area contributed by atoms with Crippen molar-refractivity contribution in [3.63, 3.8) is 0 Å². The van der Waals surface area contributed by atoms with Crippen LogP contribution in [0.5, 0.6) is 11.6 Å². The molecular weight excluding hydrogens is 286 g/mol. The van der Waals surface area contributed by atoms with E-state index >= 15 is 0 Å². The van der Waals surface area contributed by atoms with Gasteiger partial charge >= 0.3 is 0 Å². The number of furan rings is 1. The zero-order valence-corrected chi connectivity index (χ0v) is 12.9. The van der Waals surface area contributed by atoms with Crippen molar-refractivity contribution in [2.24, 2.45) is 0 Å². The van der Waals surface area contributed by atoms with Crippen molar-refractivity contribution in [2.45, 2.75) is 32.3 Å². The molecule has 0 saturated carbocycles. The van der Waals surface area contributed by atoms with Crippen molar-refractivity contribution in [1.82, 2.24) is 5.16 Å². The molecule has 0 aliphatic rings. The van der Waals surface area contributed by atoms with Gasteiger partial charge in [-0.3, -0.25) is 0 Å². The van der Waals surface area contributed by atoms with Crippen molar-refractivity contribution in [3.8, 4) is 11.6 Å². The van der Waals surface area contributed by atoms with Crippen molar-refractivity contribution in [2.75, 3.05) is 13.7 Å². The molecule has 22 heavy (non-hydrogen) atoms. The van der Waals surface area contributed by atoms with Gasteiger partial charge in [-0.1, -0.05) is 19.4 Å². The van der Waals surface area contributed by atoms with E-state index in [-0.39, 0.29) is 11.6 Å². The summed E-state index contributed by atoms with van der Waals surface area (Å²) in [7, 11) is 1.51. The number of methoxy groups -OCH3 is 1. The van der Waals surface area contributed by atoms with E-state index in [1.807, 2.05) is 0 Å². The van der Waals surface area contributed by atoms with E-state index in [9.17, 15) is 5.11 Å². The molecule has 2 aromatic heterocycles. The smallest absolute Gasteiger partial charge is 0.260 e. The first kappa shape index (κ1) is 16.2. The molecule has 2 rings (SSSR count). The van der Waals surface area contributed by atoms with Crippen molar-refractivity contribution >= 4 is 0 Å². The summed E-state index contributed by atoms with van der Waals surface area (Å²) in [4.78, 5) is 0. The number of rotatable bonds is 9. The van der Waals surface area contributed by atoms with Crippen molar-refractivity contribution in [1.29, 1.82) is 0 Å². The first-order valence-electron chi connectivity index (χ1n) is 7.24. The van der Waals surface area contributed by atoms with Gasteiger partial charge in [0.05, 0.1) is 25.5 Å². The molecule has 6 nitrogen and oxygen atoms in total. The molecule has 0 aliphatic heterocycles. The van der Waals surface area contributed by atoms with Crippen molar-refractivity contribution < 1.29 is 23.5 Å². The molecule has 0 unspecified atom stereocenters. The lowest BCUT2D eigenvalue weighted by molar-refractivity contribution is 0.175. The average Bonchev–Trinajstić information content (AvgIpc) is 3.14. The lowest BCUT2D eigenvalue weighted by Gasteiger charge is -2.11. The Hall–Kier alpha value is -2.21. The van der Waals surface area contributed by atoms with Crippen LogP contribution in [-0.4, -0.2) is 24.0 Å². The Bertz CT molecular complexity index is 601. The summed E-state index contributed by atoms with van der Waals surface area (Å²) in [5.74, 6) is 1.51. The summed E-state index contributed by atoms with van der Waals surface area (Å²) in [6, 6.07) is 1.64. The van der Waals surface area contributed by atoms with Gasteiger partial charge < -0.3 is 23.5 Å². The van der Waals surface area contributed by atoms with Crippen LogP contribution in [0, 0.1) is 0 Å². The SMILES string of the molecule is C=CCc1onc(OCCCC)c1[C@H](O)c1occc1OC. The van der Waals surface area contributed by atoms with E-state index in [2.05, 4.69) is 18.7 Å². The predicted octanol–water partition coefficient (Wildman–Crippen LogP) is 3.27. The Labute approximate surface area is 129 Å². The summed E-state index contributed by atoms with van der Waals surface area (Å²) in [6.45, 7) is 6.25. The van der Waals surface area contributed by atoms with Gasteiger partial charge in [-0.2, -0.15) is 0 Å². The maximum Gasteiger partial charge on any atom is 0.260 e. The molecule has 0 radical (unpaired) electrons. The molecule has 0 aliphatic carbocycles. The van der Waals surface area contributed by atoms with Crippen LogP contribution in [0.15, 0.2) is 33.9 Å². The molecule has 0 aromatic carbocycles. The number of aliphatic hydroxyl groups is 1. The van der Waals surface area contributed by atoms with Crippen LogP contribution in [0.2, 0.25) is 0 Å². The molecule has 0 fully saturated rings. The summed E-state index contributed by atoms with van der Waals surface area (Å²) in [5.41, 5.74) is 0.448. The fourth-order valence-corrected chi connectivity index (χ4v) is 2.09. The second-order valence-electron chi connectivity index (χ2n) is 4.78. The largest absolute Gasteiger partial charge is 0.493 e. The topological polar surface area (TPSA) is 77.9 Å². The lowest BCUT2D eigenvalue weighted by Crippen LogP contribution is -2.06. The number of aliphatic hydroxyl groups excluding tert-OH is 1. The number of hydrogen-bond donors (Lipinski definition) is 1. The van der Waals surface area contributed by atoms with E-state index in [1.165, 1.54) is 13.4 Å². The third kappa shape index (κ3) is 3.33. The zero-order valence-electron chi connectivity index (χ0n) is 12.9. The molecular formula is C16H21NO5. The van der Waals surface area contributed by atoms with Gasteiger partial charge in [0.25, 0.3) is 5.88 Å². The van der Waals surface area contributed by atoms with Crippen LogP contribution in [0.1, 0.15) is 43.0 Å². The number of aromatic nitrogens is 1. The molecule has 1 N–H and O–H groups in total. The van der Waals surface area contributed by atoms with Gasteiger partial charge in [0, 0.05) is 12.5 Å². The molecule has 0 spiro atoms. The number of unbranched alkanes of at least 4 members (excludes halogenated alkanes) is 1. The highest BCUT2D eigenvalue weighted by Gasteiger charge is 2.29. The molecule has 2 heterocycles. The zero-order chi connectivity index (χ0) is 15.9. The predicted molar refractivity (Wildman–Crippen MR) is 80.1 cm³/mol. The Morgan fingerprint density at radius 1 is 1.50 bits per heavy atom. The third-order valence-corrected chi connectivity index (χ3v) is 3.23. The molecule has 120 valence electrons. The first-order chi connectivity index (χ1) is 10.7. The van der Waals surface area contributed by atoms with Crippen LogP contribution in [0.4, 0.5) is 0 Å². The van der Waals surface area contributed by atoms with E-state index < -0.39 is 6.10 Å². The quantitative estimate of drug-likeness (QED) is 0.566. The second kappa shape index (κ2) is 7.70. The van der Waals surface area contributed by atoms with Crippen LogP contribution in [0.3, 0.4) is 0 Å². The molecule has 1 atom stereocenters. The Morgan fingerprint density at radius 2 is 2.32 bits per heavy atom. The van der Waals surface area contributed by atoms with Crippen LogP contribution < -0.4 is 9.47 Å². The number of nitrogens with zero attached hydrogens (tertiary/aromatic N) is 1. The minimum absolute atomic E-state index is 0.274. The molecule has 0 bridgehead atoms. The Balaban J connectivity index is 2.33. The highest BCUT2D eigenvalue weighted by molar-refractivity contribution is 5.40. The minimum Gasteiger partial charge on any atom is -0.493 e. The lowest BCUT2D eigenvalue weighted by atomic mass is 10.1. The Kier molecular flexibility index (Phi) is 5.66. The minimum atomic E-state index is -1.08. The summed E-state index contributed by atoms with van der Waals surface area (Å²) in [5, 5.41) is 14.5. The molecule has 6 heteroatoms. The standard InChI is InChI=1S/C16H21NO5/c1-4-6-9-21-16-13(11(7-5-2)22-17-16)14(18)15-12(19-3)8-10-20-15/h5,8,10,14,18H,2,4,6-7,9H2,1,3H3/t14-/m0/s1. The van der Waals surface area contributed by atoms with E-state index in [4.69, 9.17) is 18.4 Å². The van der Waals surface area contributed by atoms with Crippen molar-refractivity contribution in [3.05, 3.63) is 42.1 Å². The fraction of sp³-hybridized carbons (Fsp3) is 0.438. The normalized spacial score (nSPS) is 12.1. The van der Waals surface area contributed by atoms with E-state index in [0.29, 0.717) is 30.1 Å². The first-order valence-corrected chi connectivity index (χ1v) is 7.24. The monoisotopic (exact) mass is 307 g/mol. The van der Waals surface area contributed by atoms with Gasteiger partial charge in [0.2, 0.25) is 0 Å². The third-order valence-electron chi connectivity index (χ3n) is 3.23. The van der Waals surface area contributed by atoms with Crippen LogP contribution in [0.25, 0.3) is 0 Å². The maximum atomic E-state index is 10.6. The van der Waals surface area contributed by atoms with Crippen LogP contribution in [-0.2, 0) is 6.42 Å². The maximum absolute atomic E-state index is 10.6. The molecule has 0 amide bonds. The van der Waals surface area contributed by atoms with Gasteiger partial charge in [0.1, 0.15) is 6.10 Å². The van der Waals surface area contributed by atoms with Gasteiger partial charge in [-0.05, 0) is 11.6 Å². The number of hydrogen-bond acceptors (Lipinski definition) is 6. The van der Waals surface area contributed by atoms with E-state index in [0.717, 1.165) is 12.8 Å². The number of ether oxygens (including phenoxy) is 2. The summed E-state index contributed by atoms with van der Waals surface area (Å²) >= 11 is 0. The molecule has 2 aromatic rings. The van der Waals surface area contributed by atoms with Gasteiger partial charge in [0.15, 0.2) is 17.3 Å². The second-order valence-corrected chi connectivity index (χ2v) is 4.78. The summed E-state index contributed by atoms with van der Waals surface area (Å²) in [6.07, 6.45) is 4.37. The number of allylic oxidation sites excluding steroid dienone is 1. The Morgan fingerprint density at radius 3 is 3.00 bits per heavy atom. The highest BCUT2D eigenvalue weighted by atomic mass is 16.5. The summed E-state index contributed by atoms with van der Waals surface area (Å²) < 4.78 is 21.4. The van der Waals surface area contributed by atoms with E-state index in [1.54, 1.807) is 12.1 Å². The highest BCUT2D eigenvalue weighted by Crippen LogP contribution is 2.37. The van der Waals surface area contributed by atoms with Gasteiger partial charge in [-0.15, -0.1) is 6.58 Å². The fourth-order valence-electron chi connectivity index (χ4n) is 2.09. The van der Waals surface area contributed by atoms with Gasteiger partial charge in [-0.25, -0.2) is 0 Å².